The minimum atomic E-state index is -0.193. The maximum Gasteiger partial charge on any atom is 0.137 e. The zero-order chi connectivity index (χ0) is 13.7. The van der Waals surface area contributed by atoms with Gasteiger partial charge < -0.3 is 10.1 Å². The Hall–Kier alpha value is -0.450. The molecule has 1 N–H and O–H groups in total. The quantitative estimate of drug-likeness (QED) is 0.889. The van der Waals surface area contributed by atoms with Crippen molar-refractivity contribution in [2.24, 2.45) is 0 Å². The number of hydrogen-bond donors (Lipinski definition) is 1. The van der Waals surface area contributed by atoms with E-state index in [4.69, 9.17) is 4.74 Å². The molecule has 1 aliphatic rings. The molecule has 2 unspecified atom stereocenters. The molecule has 1 aromatic carbocycles. The smallest absolute Gasteiger partial charge is 0.137 e. The fourth-order valence-corrected chi connectivity index (χ4v) is 3.01. The Bertz CT molecular complexity index is 407. The van der Waals surface area contributed by atoms with E-state index in [1.165, 1.54) is 18.9 Å². The lowest BCUT2D eigenvalue weighted by atomic mass is 9.97. The van der Waals surface area contributed by atoms with Crippen LogP contribution < -0.4 is 5.32 Å². The Morgan fingerprint density at radius 3 is 3.00 bits per heavy atom. The minimum Gasteiger partial charge on any atom is -0.378 e. The van der Waals surface area contributed by atoms with Crippen LogP contribution in [0.3, 0.4) is 0 Å². The maximum atomic E-state index is 13.5. The summed E-state index contributed by atoms with van der Waals surface area (Å²) in [7, 11) is 1.96. The van der Waals surface area contributed by atoms with Gasteiger partial charge in [0.05, 0.1) is 10.6 Å². The van der Waals surface area contributed by atoms with Crippen LogP contribution in [-0.4, -0.2) is 25.8 Å². The fourth-order valence-electron chi connectivity index (χ4n) is 2.59. The minimum absolute atomic E-state index is 0.193. The lowest BCUT2D eigenvalue weighted by Crippen LogP contribution is -2.34. The molecule has 2 atom stereocenters. The molecular weight excluding hydrogens is 309 g/mol. The summed E-state index contributed by atoms with van der Waals surface area (Å²) in [6.45, 7) is 0.880. The molecule has 19 heavy (non-hydrogen) atoms. The Morgan fingerprint density at radius 2 is 2.32 bits per heavy atom. The van der Waals surface area contributed by atoms with Crippen LogP contribution in [0.2, 0.25) is 0 Å². The van der Waals surface area contributed by atoms with E-state index in [0.29, 0.717) is 16.6 Å². The molecule has 0 amide bonds. The number of nitrogens with one attached hydrogen (secondary N) is 1. The van der Waals surface area contributed by atoms with Crippen molar-refractivity contribution in [1.29, 1.82) is 0 Å². The summed E-state index contributed by atoms with van der Waals surface area (Å²) in [6, 6.07) is 5.53. The first kappa shape index (κ1) is 14.9. The molecule has 1 aliphatic heterocycles. The molecule has 1 fully saturated rings. The third-order valence-electron chi connectivity index (χ3n) is 3.73. The van der Waals surface area contributed by atoms with Gasteiger partial charge in [-0.15, -0.1) is 0 Å². The highest BCUT2D eigenvalue weighted by molar-refractivity contribution is 9.10. The number of halogens is 2. The molecule has 106 valence electrons. The third kappa shape index (κ3) is 4.26. The van der Waals surface area contributed by atoms with Crippen LogP contribution >= 0.6 is 15.9 Å². The Kier molecular flexibility index (Phi) is 5.79. The van der Waals surface area contributed by atoms with Gasteiger partial charge in [0.15, 0.2) is 0 Å². The van der Waals surface area contributed by atoms with Crippen molar-refractivity contribution in [1.82, 2.24) is 5.32 Å². The van der Waals surface area contributed by atoms with E-state index >= 15 is 0 Å². The molecule has 0 aliphatic carbocycles. The van der Waals surface area contributed by atoms with Gasteiger partial charge in [0.2, 0.25) is 0 Å². The van der Waals surface area contributed by atoms with Crippen LogP contribution in [0.25, 0.3) is 0 Å². The molecule has 1 heterocycles. The molecule has 0 spiro atoms. The van der Waals surface area contributed by atoms with Gasteiger partial charge in [-0.05, 0) is 66.7 Å². The van der Waals surface area contributed by atoms with Crippen LogP contribution in [0.1, 0.15) is 31.2 Å². The Labute approximate surface area is 122 Å². The van der Waals surface area contributed by atoms with E-state index in [-0.39, 0.29) is 5.82 Å². The Balaban J connectivity index is 1.96. The van der Waals surface area contributed by atoms with E-state index in [9.17, 15) is 4.39 Å². The van der Waals surface area contributed by atoms with Crippen molar-refractivity contribution in [2.75, 3.05) is 13.7 Å². The summed E-state index contributed by atoms with van der Waals surface area (Å²) >= 11 is 3.33. The first-order valence-corrected chi connectivity index (χ1v) is 7.71. The van der Waals surface area contributed by atoms with Crippen molar-refractivity contribution >= 4 is 15.9 Å². The summed E-state index contributed by atoms with van der Waals surface area (Å²) in [6.07, 6.45) is 5.72. The zero-order valence-electron chi connectivity index (χ0n) is 11.3. The molecule has 0 saturated carbocycles. The van der Waals surface area contributed by atoms with E-state index in [1.54, 1.807) is 6.07 Å². The monoisotopic (exact) mass is 329 g/mol. The molecule has 0 radical (unpaired) electrons. The van der Waals surface area contributed by atoms with Crippen LogP contribution in [0, 0.1) is 5.82 Å². The predicted octanol–water partition coefficient (Wildman–Crippen LogP) is 3.68. The normalized spacial score (nSPS) is 21.3. The molecule has 0 bridgehead atoms. The zero-order valence-corrected chi connectivity index (χ0v) is 12.9. The number of hydrogen-bond acceptors (Lipinski definition) is 2. The van der Waals surface area contributed by atoms with Crippen molar-refractivity contribution in [2.45, 2.75) is 44.2 Å². The first-order chi connectivity index (χ1) is 9.20. The van der Waals surface area contributed by atoms with E-state index in [2.05, 4.69) is 21.2 Å². The van der Waals surface area contributed by atoms with Gasteiger partial charge in [0, 0.05) is 12.6 Å². The molecule has 1 aromatic rings. The Morgan fingerprint density at radius 1 is 1.47 bits per heavy atom. The van der Waals surface area contributed by atoms with Crippen molar-refractivity contribution in [3.63, 3.8) is 0 Å². The van der Waals surface area contributed by atoms with Gasteiger partial charge in [0.1, 0.15) is 5.82 Å². The molecule has 4 heteroatoms. The van der Waals surface area contributed by atoms with Crippen molar-refractivity contribution in [3.05, 3.63) is 34.1 Å². The molecule has 1 saturated heterocycles. The summed E-state index contributed by atoms with van der Waals surface area (Å²) in [5, 5.41) is 3.32. The third-order valence-corrected chi connectivity index (χ3v) is 4.62. The average molecular weight is 330 g/mol. The standard InChI is InChI=1S/C15H21BrFNO/c1-18-12(10-13-6-2-3-8-19-13)9-11-5-4-7-14(17)15(11)16/h4-5,7,12-13,18H,2-3,6,8-10H2,1H3. The van der Waals surface area contributed by atoms with Crippen LogP contribution in [-0.2, 0) is 11.2 Å². The van der Waals surface area contributed by atoms with Gasteiger partial charge in [-0.3, -0.25) is 0 Å². The second-order valence-corrected chi connectivity index (χ2v) is 5.92. The van der Waals surface area contributed by atoms with Gasteiger partial charge in [0.25, 0.3) is 0 Å². The van der Waals surface area contributed by atoms with Crippen molar-refractivity contribution in [3.8, 4) is 0 Å². The second-order valence-electron chi connectivity index (χ2n) is 5.13. The van der Waals surface area contributed by atoms with Crippen LogP contribution in [0.4, 0.5) is 4.39 Å². The first-order valence-electron chi connectivity index (χ1n) is 6.92. The predicted molar refractivity (Wildman–Crippen MR) is 78.9 cm³/mol. The largest absolute Gasteiger partial charge is 0.378 e. The molecule has 2 nitrogen and oxygen atoms in total. The number of benzene rings is 1. The summed E-state index contributed by atoms with van der Waals surface area (Å²) in [5.41, 5.74) is 1.01. The number of likely N-dealkylation sites (N-methyl/N-ethyl adjacent to an activating group) is 1. The highest BCUT2D eigenvalue weighted by Crippen LogP contribution is 2.24. The van der Waals surface area contributed by atoms with Crippen molar-refractivity contribution < 1.29 is 9.13 Å². The highest BCUT2D eigenvalue weighted by atomic mass is 79.9. The molecular formula is C15H21BrFNO. The average Bonchev–Trinajstić information content (AvgIpc) is 2.44. The fraction of sp³-hybridized carbons (Fsp3) is 0.600. The van der Waals surface area contributed by atoms with Gasteiger partial charge >= 0.3 is 0 Å². The topological polar surface area (TPSA) is 21.3 Å². The summed E-state index contributed by atoms with van der Waals surface area (Å²) < 4.78 is 19.9. The summed E-state index contributed by atoms with van der Waals surface area (Å²) in [4.78, 5) is 0. The van der Waals surface area contributed by atoms with E-state index in [0.717, 1.165) is 31.4 Å². The molecule has 0 aromatic heterocycles. The van der Waals surface area contributed by atoms with Gasteiger partial charge in [-0.1, -0.05) is 12.1 Å². The molecule has 2 rings (SSSR count). The number of rotatable bonds is 5. The van der Waals surface area contributed by atoms with Crippen LogP contribution in [0.5, 0.6) is 0 Å². The maximum absolute atomic E-state index is 13.5. The lowest BCUT2D eigenvalue weighted by molar-refractivity contribution is 0.00568. The second kappa shape index (κ2) is 7.36. The number of ether oxygens (including phenoxy) is 1. The van der Waals surface area contributed by atoms with E-state index in [1.807, 2.05) is 13.1 Å². The lowest BCUT2D eigenvalue weighted by Gasteiger charge is -2.27. The SMILES string of the molecule is CNC(Cc1cccc(F)c1Br)CC1CCCCO1. The summed E-state index contributed by atoms with van der Waals surface area (Å²) in [5.74, 6) is -0.193. The van der Waals surface area contributed by atoms with Crippen LogP contribution in [0.15, 0.2) is 22.7 Å². The van der Waals surface area contributed by atoms with Gasteiger partial charge in [-0.25, -0.2) is 4.39 Å². The highest BCUT2D eigenvalue weighted by Gasteiger charge is 2.20. The van der Waals surface area contributed by atoms with Gasteiger partial charge in [-0.2, -0.15) is 0 Å². The van der Waals surface area contributed by atoms with E-state index < -0.39 is 0 Å².